The van der Waals surface area contributed by atoms with Gasteiger partial charge in [0.25, 0.3) is 5.69 Å². The van der Waals surface area contributed by atoms with E-state index >= 15 is 0 Å². The molecule has 0 heterocycles. The van der Waals surface area contributed by atoms with Gasteiger partial charge in [-0.15, -0.1) is 0 Å². The Bertz CT molecular complexity index is 1230. The molecule has 9 nitrogen and oxygen atoms in total. The first-order valence-electron chi connectivity index (χ1n) is 11.7. The van der Waals surface area contributed by atoms with E-state index in [2.05, 4.69) is 15.4 Å². The summed E-state index contributed by atoms with van der Waals surface area (Å²) in [6.45, 7) is 0. The van der Waals surface area contributed by atoms with Crippen LogP contribution in [-0.2, 0) is 10.0 Å². The van der Waals surface area contributed by atoms with Crippen molar-refractivity contribution in [1.82, 2.24) is 4.72 Å². The lowest BCUT2D eigenvalue weighted by Crippen LogP contribution is -2.59. The van der Waals surface area contributed by atoms with Crippen molar-refractivity contribution < 1.29 is 18.1 Å². The topological polar surface area (TPSA) is 123 Å². The maximum Gasteiger partial charge on any atom is 0.273 e. The van der Waals surface area contributed by atoms with Crippen LogP contribution in [0, 0.1) is 27.9 Å². The lowest BCUT2D eigenvalue weighted by Gasteiger charge is -2.56. The second kappa shape index (κ2) is 9.03. The molecule has 0 atom stereocenters. The summed E-state index contributed by atoms with van der Waals surface area (Å²) in [5.74, 6) is 2.23. The molecule has 186 valence electrons. The lowest BCUT2D eigenvalue weighted by atomic mass is 9.53. The Hall–Kier alpha value is -2.76. The van der Waals surface area contributed by atoms with E-state index in [0.29, 0.717) is 29.1 Å². The number of sulfonamides is 1. The van der Waals surface area contributed by atoms with Gasteiger partial charge in [0.05, 0.1) is 28.7 Å². The third kappa shape index (κ3) is 4.98. The van der Waals surface area contributed by atoms with Crippen LogP contribution in [0.2, 0.25) is 0 Å². The Morgan fingerprint density at radius 1 is 1.03 bits per heavy atom. The van der Waals surface area contributed by atoms with Crippen LogP contribution in [0.25, 0.3) is 0 Å². The molecule has 6 rings (SSSR count). The molecule has 4 aliphatic carbocycles. The van der Waals surface area contributed by atoms with Crippen LogP contribution in [0.4, 0.5) is 17.1 Å². The predicted molar refractivity (Wildman–Crippen MR) is 137 cm³/mol. The van der Waals surface area contributed by atoms with Gasteiger partial charge in [0.15, 0.2) is 5.11 Å². The standard InChI is InChI=1S/C24H28N4O5S2/c1-33-22-11-19(28(29)30)4-7-21(22)26-23(34)25-18-2-5-20(6-3-18)35(31,32)27-24-12-15-8-16(13-24)10-17(9-15)14-24/h2-7,11,15-17,27H,8-10,12-14H2,1H3,(H2,25,26,34). The normalized spacial score (nSPS) is 26.8. The summed E-state index contributed by atoms with van der Waals surface area (Å²) in [5, 5.41) is 17.2. The molecule has 0 unspecified atom stereocenters. The Morgan fingerprint density at radius 3 is 2.17 bits per heavy atom. The first kappa shape index (κ1) is 24.0. The molecular formula is C24H28N4O5S2. The van der Waals surface area contributed by atoms with Crippen LogP contribution < -0.4 is 20.1 Å². The van der Waals surface area contributed by atoms with Crippen LogP contribution in [0.15, 0.2) is 47.4 Å². The number of methoxy groups -OCH3 is 1. The van der Waals surface area contributed by atoms with E-state index in [9.17, 15) is 18.5 Å². The summed E-state index contributed by atoms with van der Waals surface area (Å²) in [6, 6.07) is 10.6. The Kier molecular flexibility index (Phi) is 6.18. The highest BCUT2D eigenvalue weighted by Crippen LogP contribution is 2.56. The molecule has 2 aromatic rings. The van der Waals surface area contributed by atoms with Crippen LogP contribution in [0.5, 0.6) is 5.75 Å². The molecule has 2 aromatic carbocycles. The minimum Gasteiger partial charge on any atom is -0.494 e. The predicted octanol–water partition coefficient (Wildman–Crippen LogP) is 4.66. The highest BCUT2D eigenvalue weighted by molar-refractivity contribution is 7.89. The van der Waals surface area contributed by atoms with Gasteiger partial charge in [-0.1, -0.05) is 0 Å². The molecule has 0 aromatic heterocycles. The van der Waals surface area contributed by atoms with Crippen molar-refractivity contribution in [2.45, 2.75) is 49.0 Å². The lowest BCUT2D eigenvalue weighted by molar-refractivity contribution is -0.384. The van der Waals surface area contributed by atoms with Crippen molar-refractivity contribution in [3.8, 4) is 5.75 Å². The molecule has 0 saturated heterocycles. The number of ether oxygens (including phenoxy) is 1. The van der Waals surface area contributed by atoms with E-state index < -0.39 is 14.9 Å². The van der Waals surface area contributed by atoms with Gasteiger partial charge in [0.1, 0.15) is 5.75 Å². The quantitative estimate of drug-likeness (QED) is 0.276. The maximum absolute atomic E-state index is 13.2. The zero-order valence-corrected chi connectivity index (χ0v) is 21.0. The van der Waals surface area contributed by atoms with E-state index in [4.69, 9.17) is 17.0 Å². The summed E-state index contributed by atoms with van der Waals surface area (Å²) >= 11 is 5.35. The number of nitrogens with one attached hydrogen (secondary N) is 3. The molecule has 4 fully saturated rings. The van der Waals surface area contributed by atoms with Crippen molar-refractivity contribution in [2.75, 3.05) is 17.7 Å². The zero-order valence-electron chi connectivity index (χ0n) is 19.3. The average molecular weight is 517 g/mol. The van der Waals surface area contributed by atoms with Gasteiger partial charge in [-0.25, -0.2) is 13.1 Å². The van der Waals surface area contributed by atoms with Gasteiger partial charge in [0, 0.05) is 17.3 Å². The van der Waals surface area contributed by atoms with Crippen molar-refractivity contribution in [3.05, 3.63) is 52.6 Å². The van der Waals surface area contributed by atoms with Gasteiger partial charge in [-0.05, 0) is 98.8 Å². The van der Waals surface area contributed by atoms with Crippen LogP contribution in [0.3, 0.4) is 0 Å². The minimum absolute atomic E-state index is 0.0924. The Balaban J connectivity index is 1.24. The molecular weight excluding hydrogens is 488 g/mol. The molecule has 35 heavy (non-hydrogen) atoms. The highest BCUT2D eigenvalue weighted by Gasteiger charge is 2.52. The second-order valence-electron chi connectivity index (χ2n) is 10.0. The van der Waals surface area contributed by atoms with E-state index in [-0.39, 0.29) is 27.0 Å². The number of benzene rings is 2. The fourth-order valence-corrected chi connectivity index (χ4v) is 8.14. The summed E-state index contributed by atoms with van der Waals surface area (Å²) in [4.78, 5) is 10.7. The Labute approximate surface area is 209 Å². The second-order valence-corrected chi connectivity index (χ2v) is 12.1. The third-order valence-electron chi connectivity index (χ3n) is 7.46. The third-order valence-corrected chi connectivity index (χ3v) is 9.25. The van der Waals surface area contributed by atoms with Gasteiger partial charge in [-0.3, -0.25) is 10.1 Å². The number of hydrogen-bond acceptors (Lipinski definition) is 6. The number of hydrogen-bond donors (Lipinski definition) is 3. The molecule has 0 aliphatic heterocycles. The van der Waals surface area contributed by atoms with Gasteiger partial charge >= 0.3 is 0 Å². The maximum atomic E-state index is 13.2. The summed E-state index contributed by atoms with van der Waals surface area (Å²) < 4.78 is 34.7. The van der Waals surface area contributed by atoms with Gasteiger partial charge in [0.2, 0.25) is 10.0 Å². The van der Waals surface area contributed by atoms with E-state index in [0.717, 1.165) is 19.3 Å². The SMILES string of the molecule is COc1cc([N+](=O)[O-])ccc1NC(=S)Nc1ccc(S(=O)(=O)NC23CC4CC(CC(C4)C2)C3)cc1. The number of rotatable bonds is 7. The van der Waals surface area contributed by atoms with Gasteiger partial charge in [-0.2, -0.15) is 0 Å². The van der Waals surface area contributed by atoms with Crippen molar-refractivity contribution in [1.29, 1.82) is 0 Å². The molecule has 4 saturated carbocycles. The van der Waals surface area contributed by atoms with Crippen molar-refractivity contribution in [3.63, 3.8) is 0 Å². The number of anilines is 2. The largest absolute Gasteiger partial charge is 0.494 e. The molecule has 11 heteroatoms. The molecule has 0 amide bonds. The summed E-state index contributed by atoms with van der Waals surface area (Å²) in [6.07, 6.45) is 6.60. The zero-order chi connectivity index (χ0) is 24.8. The van der Waals surface area contributed by atoms with E-state index in [1.165, 1.54) is 44.6 Å². The number of non-ortho nitro benzene ring substituents is 1. The van der Waals surface area contributed by atoms with Crippen LogP contribution >= 0.6 is 12.2 Å². The monoisotopic (exact) mass is 516 g/mol. The van der Waals surface area contributed by atoms with Crippen molar-refractivity contribution >= 4 is 44.4 Å². The van der Waals surface area contributed by atoms with Crippen molar-refractivity contribution in [2.24, 2.45) is 17.8 Å². The van der Waals surface area contributed by atoms with Crippen LogP contribution in [-0.4, -0.2) is 31.1 Å². The summed E-state index contributed by atoms with van der Waals surface area (Å²) in [5.41, 5.74) is 0.691. The smallest absolute Gasteiger partial charge is 0.273 e. The molecule has 4 aliphatic rings. The average Bonchev–Trinajstić information content (AvgIpc) is 2.78. The number of thiocarbonyl (C=S) groups is 1. The summed E-state index contributed by atoms with van der Waals surface area (Å²) in [7, 11) is -2.22. The fraction of sp³-hybridized carbons (Fsp3) is 0.458. The van der Waals surface area contributed by atoms with E-state index in [1.54, 1.807) is 24.3 Å². The van der Waals surface area contributed by atoms with E-state index in [1.807, 2.05) is 0 Å². The molecule has 0 spiro atoms. The Morgan fingerprint density at radius 2 is 1.63 bits per heavy atom. The fourth-order valence-electron chi connectivity index (χ4n) is 6.48. The minimum atomic E-state index is -3.63. The molecule has 3 N–H and O–H groups in total. The number of nitrogens with zero attached hydrogens (tertiary/aromatic N) is 1. The first-order chi connectivity index (χ1) is 16.6. The molecule has 4 bridgehead atoms. The van der Waals surface area contributed by atoms with Gasteiger partial charge < -0.3 is 15.4 Å². The number of nitro groups is 1. The first-order valence-corrected chi connectivity index (χ1v) is 13.6. The highest BCUT2D eigenvalue weighted by atomic mass is 32.2. The number of nitro benzene ring substituents is 1. The molecule has 0 radical (unpaired) electrons. The van der Waals surface area contributed by atoms with Crippen LogP contribution in [0.1, 0.15) is 38.5 Å².